The molecule has 130 valence electrons. The van der Waals surface area contributed by atoms with E-state index in [2.05, 4.69) is 0 Å². The number of hydrogen-bond donors (Lipinski definition) is 2. The zero-order chi connectivity index (χ0) is 18.1. The van der Waals surface area contributed by atoms with E-state index < -0.39 is 29.5 Å². The Kier molecular flexibility index (Phi) is 4.94. The minimum Gasteiger partial charge on any atom is -0.481 e. The van der Waals surface area contributed by atoms with Crippen molar-refractivity contribution in [1.29, 1.82) is 0 Å². The minimum absolute atomic E-state index is 0.00545. The van der Waals surface area contributed by atoms with Gasteiger partial charge < -0.3 is 20.5 Å². The van der Waals surface area contributed by atoms with Crippen LogP contribution in [0, 0.1) is 5.92 Å². The molecule has 1 aliphatic rings. The van der Waals surface area contributed by atoms with E-state index >= 15 is 0 Å². The smallest absolute Gasteiger partial charge is 0.328 e. The third-order valence-corrected chi connectivity index (χ3v) is 3.70. The van der Waals surface area contributed by atoms with Crippen LogP contribution in [-0.4, -0.2) is 35.1 Å². The van der Waals surface area contributed by atoms with Crippen LogP contribution in [0.5, 0.6) is 0 Å². The van der Waals surface area contributed by atoms with E-state index in [1.54, 1.807) is 45.0 Å². The molecule has 2 atom stereocenters. The molecule has 24 heavy (non-hydrogen) atoms. The lowest BCUT2D eigenvalue weighted by atomic mass is 10.1. The Balaban J connectivity index is 2.09. The topological polar surface area (TPSA) is 110 Å². The molecular weight excluding hydrogens is 312 g/mol. The molecule has 2 rings (SSSR count). The summed E-state index contributed by atoms with van der Waals surface area (Å²) in [6, 6.07) is 5.68. The highest BCUT2D eigenvalue weighted by molar-refractivity contribution is 5.99. The fraction of sp³-hybridized carbons (Fsp3) is 0.471. The lowest BCUT2D eigenvalue weighted by molar-refractivity contribution is -0.156. The molecule has 0 spiro atoms. The molecule has 3 N–H and O–H groups in total. The van der Waals surface area contributed by atoms with Crippen molar-refractivity contribution in [3.63, 3.8) is 0 Å². The summed E-state index contributed by atoms with van der Waals surface area (Å²) in [6.45, 7) is 5.43. The Labute approximate surface area is 140 Å². The molecule has 1 amide bonds. The molecule has 0 saturated carbocycles. The third-order valence-electron chi connectivity index (χ3n) is 3.70. The fourth-order valence-electron chi connectivity index (χ4n) is 2.49. The molecule has 0 bridgehead atoms. The quantitative estimate of drug-likeness (QED) is 0.807. The number of hydrogen-bond acceptors (Lipinski definition) is 5. The number of anilines is 1. The Hall–Kier alpha value is -2.41. The number of esters is 1. The Morgan fingerprint density at radius 2 is 1.88 bits per heavy atom. The average molecular weight is 334 g/mol. The van der Waals surface area contributed by atoms with Crippen LogP contribution in [0.2, 0.25) is 0 Å². The molecule has 1 saturated heterocycles. The second kappa shape index (κ2) is 6.60. The van der Waals surface area contributed by atoms with Crippen LogP contribution < -0.4 is 10.6 Å². The number of benzene rings is 1. The van der Waals surface area contributed by atoms with E-state index in [1.165, 1.54) is 4.90 Å². The van der Waals surface area contributed by atoms with Gasteiger partial charge in [0, 0.05) is 18.7 Å². The van der Waals surface area contributed by atoms with E-state index in [1.807, 2.05) is 0 Å². The summed E-state index contributed by atoms with van der Waals surface area (Å²) < 4.78 is 5.25. The van der Waals surface area contributed by atoms with Gasteiger partial charge in [0.1, 0.15) is 11.6 Å². The van der Waals surface area contributed by atoms with Gasteiger partial charge in [-0.3, -0.25) is 9.59 Å². The van der Waals surface area contributed by atoms with Crippen LogP contribution in [-0.2, 0) is 19.1 Å². The summed E-state index contributed by atoms with van der Waals surface area (Å²) in [5, 5.41) is 9.02. The maximum Gasteiger partial charge on any atom is 0.328 e. The summed E-state index contributed by atoms with van der Waals surface area (Å²) in [5.74, 6) is -2.43. The van der Waals surface area contributed by atoms with Crippen LogP contribution in [0.1, 0.15) is 38.8 Å². The molecular formula is C17H22N2O5. The predicted molar refractivity (Wildman–Crippen MR) is 87.3 cm³/mol. The number of aliphatic carboxylic acids is 1. The lowest BCUT2D eigenvalue weighted by Crippen LogP contribution is -2.31. The molecule has 0 radical (unpaired) electrons. The van der Waals surface area contributed by atoms with E-state index in [9.17, 15) is 14.4 Å². The van der Waals surface area contributed by atoms with Crippen molar-refractivity contribution < 1.29 is 24.2 Å². The maximum absolute atomic E-state index is 12.0. The Morgan fingerprint density at radius 3 is 2.33 bits per heavy atom. The van der Waals surface area contributed by atoms with Crippen molar-refractivity contribution in [3.05, 3.63) is 29.8 Å². The number of carbonyl (C=O) groups excluding carboxylic acids is 2. The number of amides is 1. The van der Waals surface area contributed by atoms with Gasteiger partial charge in [0.2, 0.25) is 5.91 Å². The van der Waals surface area contributed by atoms with Crippen molar-refractivity contribution in [3.8, 4) is 0 Å². The number of carboxylic acid groups (broad SMARTS) is 1. The minimum atomic E-state index is -0.977. The van der Waals surface area contributed by atoms with Crippen LogP contribution in [0.3, 0.4) is 0 Å². The highest BCUT2D eigenvalue weighted by Gasteiger charge is 2.35. The van der Waals surface area contributed by atoms with Crippen molar-refractivity contribution in [2.45, 2.75) is 38.8 Å². The molecule has 0 aliphatic carbocycles. The van der Waals surface area contributed by atoms with Crippen molar-refractivity contribution >= 4 is 23.5 Å². The van der Waals surface area contributed by atoms with Gasteiger partial charge in [-0.2, -0.15) is 0 Å². The number of ether oxygens (including phenoxy) is 1. The molecule has 1 heterocycles. The van der Waals surface area contributed by atoms with Gasteiger partial charge in [-0.25, -0.2) is 4.79 Å². The van der Waals surface area contributed by atoms with Gasteiger partial charge in [0.25, 0.3) is 0 Å². The van der Waals surface area contributed by atoms with E-state index in [-0.39, 0.29) is 18.9 Å². The normalized spacial score (nSPS) is 19.2. The Morgan fingerprint density at radius 1 is 1.29 bits per heavy atom. The summed E-state index contributed by atoms with van der Waals surface area (Å²) >= 11 is 0. The van der Waals surface area contributed by atoms with E-state index in [4.69, 9.17) is 15.6 Å². The van der Waals surface area contributed by atoms with Crippen LogP contribution in [0.15, 0.2) is 24.3 Å². The summed E-state index contributed by atoms with van der Waals surface area (Å²) in [6.07, 6.45) is -0.00545. The molecule has 2 unspecified atom stereocenters. The lowest BCUT2D eigenvalue weighted by Gasteiger charge is -2.22. The van der Waals surface area contributed by atoms with Gasteiger partial charge in [-0.05, 0) is 38.5 Å². The number of carboxylic acids is 1. The first-order valence-corrected chi connectivity index (χ1v) is 7.70. The van der Waals surface area contributed by atoms with E-state index in [0.29, 0.717) is 11.3 Å². The molecule has 1 fully saturated rings. The fourth-order valence-corrected chi connectivity index (χ4v) is 2.49. The highest BCUT2D eigenvalue weighted by atomic mass is 16.6. The van der Waals surface area contributed by atoms with Gasteiger partial charge in [-0.15, -0.1) is 0 Å². The van der Waals surface area contributed by atoms with Crippen LogP contribution >= 0.6 is 0 Å². The molecule has 7 heteroatoms. The number of nitrogens with two attached hydrogens (primary N) is 1. The van der Waals surface area contributed by atoms with Crippen LogP contribution in [0.4, 0.5) is 5.69 Å². The predicted octanol–water partition coefficient (Wildman–Crippen LogP) is 1.47. The highest BCUT2D eigenvalue weighted by Crippen LogP contribution is 2.27. The first kappa shape index (κ1) is 17.9. The molecule has 1 aromatic rings. The third kappa shape index (κ3) is 4.11. The van der Waals surface area contributed by atoms with Gasteiger partial charge >= 0.3 is 11.9 Å². The summed E-state index contributed by atoms with van der Waals surface area (Å²) in [7, 11) is 0. The first-order valence-electron chi connectivity index (χ1n) is 7.70. The zero-order valence-corrected chi connectivity index (χ0v) is 14.0. The molecule has 0 aromatic heterocycles. The SMILES string of the molecule is CC(C)(C)OC(=O)C(N)c1ccc(N2CC(C(=O)O)CC2=O)cc1. The number of rotatable bonds is 4. The second-order valence-electron chi connectivity index (χ2n) is 6.85. The van der Waals surface area contributed by atoms with Crippen molar-refractivity contribution in [2.75, 3.05) is 11.4 Å². The Bertz CT molecular complexity index is 648. The van der Waals surface area contributed by atoms with Crippen molar-refractivity contribution in [1.82, 2.24) is 0 Å². The largest absolute Gasteiger partial charge is 0.481 e. The van der Waals surface area contributed by atoms with Gasteiger partial charge in [0.05, 0.1) is 5.92 Å². The second-order valence-corrected chi connectivity index (χ2v) is 6.85. The first-order chi connectivity index (χ1) is 11.1. The summed E-state index contributed by atoms with van der Waals surface area (Å²) in [4.78, 5) is 36.4. The van der Waals surface area contributed by atoms with Gasteiger partial charge in [0.15, 0.2) is 0 Å². The summed E-state index contributed by atoms with van der Waals surface area (Å²) in [5.41, 5.74) is 6.43. The van der Waals surface area contributed by atoms with Crippen LogP contribution in [0.25, 0.3) is 0 Å². The number of nitrogens with zero attached hydrogens (tertiary/aromatic N) is 1. The molecule has 1 aromatic carbocycles. The van der Waals surface area contributed by atoms with E-state index in [0.717, 1.165) is 0 Å². The maximum atomic E-state index is 12.0. The van der Waals surface area contributed by atoms with Gasteiger partial charge in [-0.1, -0.05) is 12.1 Å². The van der Waals surface area contributed by atoms with Crippen molar-refractivity contribution in [2.24, 2.45) is 11.7 Å². The standard InChI is InChI=1S/C17H22N2O5/c1-17(2,3)24-16(23)14(18)10-4-6-12(7-5-10)19-9-11(15(21)22)8-13(19)20/h4-7,11,14H,8-9,18H2,1-3H3,(H,21,22). The zero-order valence-electron chi connectivity index (χ0n) is 14.0. The molecule has 7 nitrogen and oxygen atoms in total. The molecule has 1 aliphatic heterocycles. The monoisotopic (exact) mass is 334 g/mol. The average Bonchev–Trinajstić information content (AvgIpc) is 2.87. The number of carbonyl (C=O) groups is 3.